The Morgan fingerprint density at radius 1 is 1.27 bits per heavy atom. The first-order valence-electron chi connectivity index (χ1n) is 10.2. The van der Waals surface area contributed by atoms with Gasteiger partial charge in [-0.05, 0) is 36.6 Å². The number of hydrogen-bond acceptors (Lipinski definition) is 4. The Kier molecular flexibility index (Phi) is 4.28. The van der Waals surface area contributed by atoms with E-state index in [2.05, 4.69) is 39.9 Å². The van der Waals surface area contributed by atoms with Crippen LogP contribution in [-0.4, -0.2) is 66.3 Å². The van der Waals surface area contributed by atoms with Crippen LogP contribution in [0.4, 0.5) is 0 Å². The SMILES string of the molecule is CCN1C[C@@H](N)C[C@@H]2c3cccc4[nH]c(CN5CCOCC5)c(c34)C[C@H]21. The monoisotopic (exact) mass is 354 g/mol. The van der Waals surface area contributed by atoms with E-state index in [1.165, 1.54) is 22.2 Å². The number of aromatic nitrogens is 1. The van der Waals surface area contributed by atoms with E-state index in [4.69, 9.17) is 10.5 Å². The van der Waals surface area contributed by atoms with E-state index in [1.807, 2.05) is 0 Å². The Hall–Kier alpha value is -1.40. The van der Waals surface area contributed by atoms with Crippen molar-refractivity contribution in [1.82, 2.24) is 14.8 Å². The molecule has 26 heavy (non-hydrogen) atoms. The lowest BCUT2D eigenvalue weighted by Gasteiger charge is -2.46. The van der Waals surface area contributed by atoms with Gasteiger partial charge in [-0.2, -0.15) is 0 Å². The summed E-state index contributed by atoms with van der Waals surface area (Å²) in [6.45, 7) is 9.18. The third-order valence-electron chi connectivity index (χ3n) is 6.71. The fourth-order valence-electron chi connectivity index (χ4n) is 5.48. The van der Waals surface area contributed by atoms with E-state index in [0.717, 1.165) is 58.8 Å². The average Bonchev–Trinajstić information content (AvgIpc) is 3.01. The molecule has 3 N–H and O–H groups in total. The number of likely N-dealkylation sites (tertiary alicyclic amines) is 1. The van der Waals surface area contributed by atoms with Gasteiger partial charge in [-0.25, -0.2) is 0 Å². The van der Waals surface area contributed by atoms with Crippen LogP contribution in [0.5, 0.6) is 0 Å². The standard InChI is InChI=1S/C21H30N4O/c1-2-25-12-14(22)10-16-15-4-3-5-18-21(15)17(11-20(16)25)19(23-18)13-24-6-8-26-9-7-24/h3-5,14,16,20,23H,2,6-13,22H2,1H3/t14-,16+,20+/m0/s1. The van der Waals surface area contributed by atoms with E-state index in [-0.39, 0.29) is 0 Å². The van der Waals surface area contributed by atoms with Crippen molar-refractivity contribution in [2.24, 2.45) is 5.73 Å². The van der Waals surface area contributed by atoms with Gasteiger partial charge in [-0.3, -0.25) is 9.80 Å². The zero-order valence-electron chi connectivity index (χ0n) is 15.7. The van der Waals surface area contributed by atoms with Crippen molar-refractivity contribution < 1.29 is 4.74 Å². The molecule has 2 aromatic rings. The van der Waals surface area contributed by atoms with E-state index >= 15 is 0 Å². The Labute approximate surface area is 155 Å². The molecule has 3 aliphatic rings. The molecule has 0 saturated carbocycles. The van der Waals surface area contributed by atoms with Gasteiger partial charge in [0.25, 0.3) is 0 Å². The molecule has 2 fully saturated rings. The predicted molar refractivity (Wildman–Crippen MR) is 104 cm³/mol. The number of aromatic amines is 1. The summed E-state index contributed by atoms with van der Waals surface area (Å²) in [6, 6.07) is 7.69. The number of likely N-dealkylation sites (N-methyl/N-ethyl adjacent to an activating group) is 1. The molecule has 3 heterocycles. The van der Waals surface area contributed by atoms with Crippen molar-refractivity contribution in [3.05, 3.63) is 35.0 Å². The molecule has 1 aliphatic carbocycles. The van der Waals surface area contributed by atoms with Crippen molar-refractivity contribution in [2.45, 2.75) is 44.3 Å². The van der Waals surface area contributed by atoms with E-state index in [9.17, 15) is 0 Å². The Morgan fingerprint density at radius 3 is 2.92 bits per heavy atom. The van der Waals surface area contributed by atoms with Crippen LogP contribution < -0.4 is 5.73 Å². The normalized spacial score (nSPS) is 29.8. The maximum absolute atomic E-state index is 6.42. The molecule has 0 unspecified atom stereocenters. The number of rotatable bonds is 3. The number of benzene rings is 1. The van der Waals surface area contributed by atoms with Crippen molar-refractivity contribution >= 4 is 10.9 Å². The molecule has 5 nitrogen and oxygen atoms in total. The van der Waals surface area contributed by atoms with Crippen LogP contribution in [0.25, 0.3) is 10.9 Å². The van der Waals surface area contributed by atoms with E-state index < -0.39 is 0 Å². The van der Waals surface area contributed by atoms with Crippen LogP contribution in [0, 0.1) is 0 Å². The maximum atomic E-state index is 6.42. The quantitative estimate of drug-likeness (QED) is 0.886. The largest absolute Gasteiger partial charge is 0.379 e. The minimum Gasteiger partial charge on any atom is -0.379 e. The molecule has 0 amide bonds. The van der Waals surface area contributed by atoms with Gasteiger partial charge >= 0.3 is 0 Å². The van der Waals surface area contributed by atoms with Gasteiger partial charge in [0.2, 0.25) is 0 Å². The highest BCUT2D eigenvalue weighted by Crippen LogP contribution is 2.44. The Balaban J connectivity index is 1.56. The van der Waals surface area contributed by atoms with E-state index in [1.54, 1.807) is 5.56 Å². The minimum atomic E-state index is 0.291. The van der Waals surface area contributed by atoms with E-state index in [0.29, 0.717) is 18.0 Å². The van der Waals surface area contributed by atoms with Crippen LogP contribution in [0.3, 0.4) is 0 Å². The molecule has 0 spiro atoms. The first kappa shape index (κ1) is 16.8. The summed E-state index contributed by atoms with van der Waals surface area (Å²) in [6.07, 6.45) is 2.27. The Bertz CT molecular complexity index is 795. The number of ether oxygens (including phenoxy) is 1. The third kappa shape index (κ3) is 2.69. The number of hydrogen-bond donors (Lipinski definition) is 2. The minimum absolute atomic E-state index is 0.291. The maximum Gasteiger partial charge on any atom is 0.0594 e. The predicted octanol–water partition coefficient (Wildman–Crippen LogP) is 2.06. The molecule has 3 atom stereocenters. The fourth-order valence-corrected chi connectivity index (χ4v) is 5.48. The zero-order chi connectivity index (χ0) is 17.7. The van der Waals surface area contributed by atoms with Crippen molar-refractivity contribution in [3.8, 4) is 0 Å². The molecule has 0 bridgehead atoms. The number of piperidine rings is 1. The summed E-state index contributed by atoms with van der Waals surface area (Å²) in [4.78, 5) is 8.90. The summed E-state index contributed by atoms with van der Waals surface area (Å²) < 4.78 is 5.52. The van der Waals surface area contributed by atoms with Gasteiger partial charge in [0.15, 0.2) is 0 Å². The highest BCUT2D eigenvalue weighted by atomic mass is 16.5. The lowest BCUT2D eigenvalue weighted by atomic mass is 9.73. The second-order valence-corrected chi connectivity index (χ2v) is 8.20. The summed E-state index contributed by atoms with van der Waals surface area (Å²) in [5.41, 5.74) is 12.2. The first-order chi connectivity index (χ1) is 12.7. The molecule has 1 aromatic carbocycles. The van der Waals surface area contributed by atoms with Crippen LogP contribution >= 0.6 is 0 Å². The van der Waals surface area contributed by atoms with Gasteiger partial charge in [0.05, 0.1) is 13.2 Å². The molecule has 5 heteroatoms. The molecule has 2 aliphatic heterocycles. The first-order valence-corrected chi connectivity index (χ1v) is 10.2. The summed E-state index contributed by atoms with van der Waals surface area (Å²) in [7, 11) is 0. The number of nitrogens with two attached hydrogens (primary N) is 1. The van der Waals surface area contributed by atoms with Gasteiger partial charge in [-0.15, -0.1) is 0 Å². The van der Waals surface area contributed by atoms with Crippen LogP contribution in [-0.2, 0) is 17.7 Å². The second-order valence-electron chi connectivity index (χ2n) is 8.20. The molecule has 0 radical (unpaired) electrons. The summed E-state index contributed by atoms with van der Waals surface area (Å²) >= 11 is 0. The smallest absolute Gasteiger partial charge is 0.0594 e. The molecular weight excluding hydrogens is 324 g/mol. The third-order valence-corrected chi connectivity index (χ3v) is 6.71. The van der Waals surface area contributed by atoms with Crippen molar-refractivity contribution in [2.75, 3.05) is 39.4 Å². The van der Waals surface area contributed by atoms with Crippen LogP contribution in [0.2, 0.25) is 0 Å². The number of fused-ring (bicyclic) bond motifs is 2. The topological polar surface area (TPSA) is 57.5 Å². The number of nitrogens with zero attached hydrogens (tertiary/aromatic N) is 2. The zero-order valence-corrected chi connectivity index (χ0v) is 15.7. The highest BCUT2D eigenvalue weighted by Gasteiger charge is 2.40. The van der Waals surface area contributed by atoms with Crippen LogP contribution in [0.1, 0.15) is 36.1 Å². The molecular formula is C21H30N4O. The van der Waals surface area contributed by atoms with Gasteiger partial charge in [-0.1, -0.05) is 19.1 Å². The lowest BCUT2D eigenvalue weighted by molar-refractivity contribution is 0.0335. The summed E-state index contributed by atoms with van der Waals surface area (Å²) in [5, 5.41) is 1.49. The highest BCUT2D eigenvalue weighted by molar-refractivity contribution is 5.89. The average molecular weight is 354 g/mol. The van der Waals surface area contributed by atoms with Gasteiger partial charge in [0, 0.05) is 60.8 Å². The molecule has 140 valence electrons. The Morgan fingerprint density at radius 2 is 2.12 bits per heavy atom. The van der Waals surface area contributed by atoms with Crippen molar-refractivity contribution in [3.63, 3.8) is 0 Å². The lowest BCUT2D eigenvalue weighted by Crippen LogP contribution is -2.54. The molecule has 1 aromatic heterocycles. The van der Waals surface area contributed by atoms with Gasteiger partial charge < -0.3 is 15.5 Å². The number of nitrogens with one attached hydrogen (secondary N) is 1. The second kappa shape index (κ2) is 6.64. The summed E-state index contributed by atoms with van der Waals surface area (Å²) in [5.74, 6) is 0.571. The fraction of sp³-hybridized carbons (Fsp3) is 0.619. The molecule has 5 rings (SSSR count). The molecule has 2 saturated heterocycles. The van der Waals surface area contributed by atoms with Crippen LogP contribution in [0.15, 0.2) is 18.2 Å². The number of H-pyrrole nitrogens is 1. The van der Waals surface area contributed by atoms with Crippen molar-refractivity contribution in [1.29, 1.82) is 0 Å². The van der Waals surface area contributed by atoms with Gasteiger partial charge in [0.1, 0.15) is 0 Å². The number of morpholine rings is 1.